The second-order valence-corrected chi connectivity index (χ2v) is 10.5. The number of nitrogens with zero attached hydrogens (tertiary/aromatic N) is 2. The number of carbonyl (C=O) groups is 2. The van der Waals surface area contributed by atoms with E-state index < -0.39 is 18.4 Å². The number of nitrogens with one attached hydrogen (secondary N) is 1. The highest BCUT2D eigenvalue weighted by molar-refractivity contribution is 7.98. The largest absolute Gasteiger partial charge is 0.511 e. The van der Waals surface area contributed by atoms with Crippen molar-refractivity contribution in [2.75, 3.05) is 25.4 Å². The summed E-state index contributed by atoms with van der Waals surface area (Å²) in [6.45, 7) is 1.92. The van der Waals surface area contributed by atoms with E-state index in [9.17, 15) is 18.8 Å². The lowest BCUT2D eigenvalue weighted by Gasteiger charge is -2.41. The monoisotopic (exact) mass is 567 g/mol. The first-order chi connectivity index (χ1) is 19.4. The lowest BCUT2D eigenvalue weighted by molar-refractivity contribution is 0.00549. The average molecular weight is 568 g/mol. The lowest BCUT2D eigenvalue weighted by Crippen LogP contribution is -2.56. The zero-order valence-electron chi connectivity index (χ0n) is 22.1. The normalized spacial score (nSPS) is 16.9. The van der Waals surface area contributed by atoms with Crippen LogP contribution in [0, 0.1) is 5.82 Å². The van der Waals surface area contributed by atoms with Crippen molar-refractivity contribution in [3.8, 4) is 5.75 Å². The Morgan fingerprint density at radius 1 is 1.07 bits per heavy atom. The van der Waals surface area contributed by atoms with Gasteiger partial charge in [0.25, 0.3) is 5.91 Å². The highest BCUT2D eigenvalue weighted by atomic mass is 32.2. The molecule has 11 heteroatoms. The number of rotatable bonds is 4. The number of benzene rings is 2. The van der Waals surface area contributed by atoms with Crippen LogP contribution in [0.1, 0.15) is 53.4 Å². The maximum Gasteiger partial charge on any atom is 0.511 e. The highest BCUT2D eigenvalue weighted by Crippen LogP contribution is 2.33. The SMILES string of the molecule is CCOC(=O)OCOc1c2n(ccc1=O)NC1CCCCN1C2=O.Fc1ccc2c(c1)CSc1ccccc1C2. The van der Waals surface area contributed by atoms with Crippen LogP contribution in [0.15, 0.2) is 64.4 Å². The molecule has 0 radical (unpaired) electrons. The van der Waals surface area contributed by atoms with Crippen LogP contribution in [0.3, 0.4) is 0 Å². The van der Waals surface area contributed by atoms with Gasteiger partial charge in [0.15, 0.2) is 5.69 Å². The van der Waals surface area contributed by atoms with Crippen LogP contribution in [0.2, 0.25) is 0 Å². The lowest BCUT2D eigenvalue weighted by atomic mass is 10.0. The van der Waals surface area contributed by atoms with Crippen molar-refractivity contribution in [1.29, 1.82) is 0 Å². The first kappa shape index (κ1) is 27.6. The number of aromatic nitrogens is 1. The Morgan fingerprint density at radius 2 is 1.93 bits per heavy atom. The fourth-order valence-corrected chi connectivity index (χ4v) is 6.00. The van der Waals surface area contributed by atoms with E-state index in [0.29, 0.717) is 6.54 Å². The minimum Gasteiger partial charge on any atom is -0.451 e. The number of hydrogen-bond donors (Lipinski definition) is 1. The van der Waals surface area contributed by atoms with Gasteiger partial charge in [0.2, 0.25) is 18.0 Å². The van der Waals surface area contributed by atoms with Gasteiger partial charge in [-0.25, -0.2) is 9.18 Å². The van der Waals surface area contributed by atoms with Crippen LogP contribution >= 0.6 is 11.8 Å². The third kappa shape index (κ3) is 6.09. The zero-order valence-corrected chi connectivity index (χ0v) is 22.9. The van der Waals surface area contributed by atoms with E-state index in [0.717, 1.165) is 37.0 Å². The molecule has 0 spiro atoms. The second kappa shape index (κ2) is 12.5. The average Bonchev–Trinajstić information content (AvgIpc) is 3.14. The first-order valence-corrected chi connectivity index (χ1v) is 14.2. The third-order valence-electron chi connectivity index (χ3n) is 6.86. The summed E-state index contributed by atoms with van der Waals surface area (Å²) in [5.41, 5.74) is 6.55. The summed E-state index contributed by atoms with van der Waals surface area (Å²) < 4.78 is 29.2. The van der Waals surface area contributed by atoms with Crippen molar-refractivity contribution in [3.63, 3.8) is 0 Å². The summed E-state index contributed by atoms with van der Waals surface area (Å²) >= 11 is 1.79. The van der Waals surface area contributed by atoms with Gasteiger partial charge >= 0.3 is 6.16 Å². The number of pyridine rings is 1. The molecule has 1 aromatic heterocycles. The van der Waals surface area contributed by atoms with E-state index >= 15 is 0 Å². The van der Waals surface area contributed by atoms with Crippen molar-refractivity contribution >= 4 is 23.8 Å². The van der Waals surface area contributed by atoms with Crippen LogP contribution in [0.5, 0.6) is 5.75 Å². The maximum atomic E-state index is 13.1. The Bertz CT molecular complexity index is 1460. The van der Waals surface area contributed by atoms with Crippen LogP contribution < -0.4 is 15.6 Å². The molecule has 9 nitrogen and oxygen atoms in total. The molecule has 1 fully saturated rings. The van der Waals surface area contributed by atoms with Crippen LogP contribution in [0.25, 0.3) is 0 Å². The van der Waals surface area contributed by atoms with Gasteiger partial charge in [-0.2, -0.15) is 0 Å². The van der Waals surface area contributed by atoms with E-state index in [-0.39, 0.29) is 35.9 Å². The molecular weight excluding hydrogens is 537 g/mol. The molecule has 40 heavy (non-hydrogen) atoms. The minimum atomic E-state index is -0.900. The molecule has 2 aromatic carbocycles. The molecule has 0 saturated carbocycles. The molecule has 1 N–H and O–H groups in total. The van der Waals surface area contributed by atoms with Gasteiger partial charge in [-0.1, -0.05) is 24.3 Å². The Balaban J connectivity index is 0.000000174. The predicted molar refractivity (Wildman–Crippen MR) is 148 cm³/mol. The molecule has 210 valence electrons. The van der Waals surface area contributed by atoms with E-state index in [1.807, 2.05) is 6.07 Å². The fraction of sp³-hybridized carbons (Fsp3) is 0.345. The number of hydrogen-bond acceptors (Lipinski definition) is 8. The van der Waals surface area contributed by atoms with Crippen LogP contribution in [0.4, 0.5) is 9.18 Å². The summed E-state index contributed by atoms with van der Waals surface area (Å²) in [7, 11) is 0. The molecule has 1 amide bonds. The summed E-state index contributed by atoms with van der Waals surface area (Å²) in [6.07, 6.45) is 4.23. The van der Waals surface area contributed by atoms with E-state index in [1.54, 1.807) is 35.7 Å². The van der Waals surface area contributed by atoms with Gasteiger partial charge in [-0.15, -0.1) is 11.8 Å². The maximum absolute atomic E-state index is 13.1. The first-order valence-electron chi connectivity index (χ1n) is 13.2. The standard InChI is InChI=1S/C15H19N3O6.C14H11FS/c1-2-22-15(21)24-9-23-13-10(19)6-8-18-12(13)14(20)17-7-4-3-5-11(17)16-18;15-13-6-5-10-7-11-3-1-2-4-14(11)16-9-12(10)8-13/h6,8,11,16H,2-5,7,9H2,1H3;1-6,8H,7,9H2. The van der Waals surface area contributed by atoms with Crippen molar-refractivity contribution < 1.29 is 28.2 Å². The molecular formula is C29H30FN3O6S. The third-order valence-corrected chi connectivity index (χ3v) is 8.02. The number of fused-ring (bicyclic) bond motifs is 4. The summed E-state index contributed by atoms with van der Waals surface area (Å²) in [5.74, 6) is 0.306. The van der Waals surface area contributed by atoms with Crippen molar-refractivity contribution in [2.45, 2.75) is 49.4 Å². The molecule has 3 aromatic rings. The molecule has 3 aliphatic heterocycles. The van der Waals surface area contributed by atoms with Crippen LogP contribution in [-0.4, -0.2) is 47.7 Å². The van der Waals surface area contributed by atoms with Gasteiger partial charge in [0.05, 0.1) is 6.61 Å². The molecule has 1 unspecified atom stereocenters. The van der Waals surface area contributed by atoms with Crippen molar-refractivity contribution in [3.05, 3.63) is 93.2 Å². The predicted octanol–water partition coefficient (Wildman–Crippen LogP) is 4.89. The molecule has 0 aliphatic carbocycles. The molecule has 1 saturated heterocycles. The Morgan fingerprint density at radius 3 is 2.77 bits per heavy atom. The molecule has 3 aliphatic rings. The Hall–Kier alpha value is -3.99. The van der Waals surface area contributed by atoms with Gasteiger partial charge in [0, 0.05) is 29.5 Å². The highest BCUT2D eigenvalue weighted by Gasteiger charge is 2.36. The molecule has 6 rings (SSSR count). The Labute approximate surface area is 235 Å². The van der Waals surface area contributed by atoms with Gasteiger partial charge in [-0.3, -0.25) is 14.3 Å². The van der Waals surface area contributed by atoms with Gasteiger partial charge in [-0.05, 0) is 67.5 Å². The number of amides is 1. The summed E-state index contributed by atoms with van der Waals surface area (Å²) in [4.78, 5) is 39.0. The number of carbonyl (C=O) groups excluding carboxylic acids is 2. The number of thioether (sulfide) groups is 1. The fourth-order valence-electron chi connectivity index (χ4n) is 4.92. The number of piperidine rings is 1. The van der Waals surface area contributed by atoms with Gasteiger partial charge in [0.1, 0.15) is 12.0 Å². The molecule has 0 bridgehead atoms. The van der Waals surface area contributed by atoms with E-state index in [1.165, 1.54) is 33.0 Å². The van der Waals surface area contributed by atoms with E-state index in [2.05, 4.69) is 34.4 Å². The minimum absolute atomic E-state index is 0.0927. The molecule has 4 heterocycles. The second-order valence-electron chi connectivity index (χ2n) is 9.44. The molecule has 1 atom stereocenters. The smallest absolute Gasteiger partial charge is 0.451 e. The Kier molecular flexibility index (Phi) is 8.59. The summed E-state index contributed by atoms with van der Waals surface area (Å²) in [6, 6.07) is 14.8. The quantitative estimate of drug-likeness (QED) is 0.352. The van der Waals surface area contributed by atoms with E-state index in [4.69, 9.17) is 9.47 Å². The number of halogens is 1. The zero-order chi connectivity index (χ0) is 28.1. The number of ether oxygens (including phenoxy) is 3. The summed E-state index contributed by atoms with van der Waals surface area (Å²) in [5, 5.41) is 0. The van der Waals surface area contributed by atoms with Gasteiger partial charge < -0.3 is 24.5 Å². The topological polar surface area (TPSA) is 99.1 Å². The van der Waals surface area contributed by atoms with Crippen LogP contribution in [-0.2, 0) is 21.6 Å². The van der Waals surface area contributed by atoms with Crippen molar-refractivity contribution in [1.82, 2.24) is 9.58 Å². The van der Waals surface area contributed by atoms with Crippen molar-refractivity contribution in [2.24, 2.45) is 0 Å².